The second-order valence-electron chi connectivity index (χ2n) is 4.42. The summed E-state index contributed by atoms with van der Waals surface area (Å²) in [5.74, 6) is -0.897. The quantitative estimate of drug-likeness (QED) is 0.801. The predicted molar refractivity (Wildman–Crippen MR) is 77.5 cm³/mol. The van der Waals surface area contributed by atoms with Crippen LogP contribution in [0.5, 0.6) is 5.75 Å². The lowest BCUT2D eigenvalue weighted by Crippen LogP contribution is -2.35. The van der Waals surface area contributed by atoms with Gasteiger partial charge in [0.05, 0.1) is 6.61 Å². The van der Waals surface area contributed by atoms with Crippen LogP contribution in [0.4, 0.5) is 4.79 Å². The molecule has 7 heteroatoms. The number of carbonyl (C=O) groups excluding carboxylic acids is 3. The van der Waals surface area contributed by atoms with Crippen LogP contribution in [0.3, 0.4) is 0 Å². The van der Waals surface area contributed by atoms with Gasteiger partial charge >= 0.3 is 12.1 Å². The summed E-state index contributed by atoms with van der Waals surface area (Å²) in [6.07, 6.45) is -0.879. The fraction of sp³-hybridized carbons (Fsp3) is 0.400. The maximum atomic E-state index is 11.5. The highest BCUT2D eigenvalue weighted by Gasteiger charge is 2.12. The average Bonchev–Trinajstić information content (AvgIpc) is 2.47. The molecule has 0 fully saturated rings. The van der Waals surface area contributed by atoms with E-state index in [1.807, 2.05) is 31.3 Å². The Balaban J connectivity index is 2.33. The number of aryl methyl sites for hydroxylation is 1. The highest BCUT2D eigenvalue weighted by molar-refractivity contribution is 5.93. The maximum Gasteiger partial charge on any atom is 0.413 e. The second kappa shape index (κ2) is 8.66. The molecule has 2 amide bonds. The molecule has 0 spiro atoms. The van der Waals surface area contributed by atoms with E-state index >= 15 is 0 Å². The van der Waals surface area contributed by atoms with E-state index < -0.39 is 24.6 Å². The van der Waals surface area contributed by atoms with Crippen molar-refractivity contribution in [3.8, 4) is 5.75 Å². The molecule has 0 saturated heterocycles. The number of ether oxygens (including phenoxy) is 3. The van der Waals surface area contributed by atoms with Crippen molar-refractivity contribution in [3.05, 3.63) is 29.3 Å². The van der Waals surface area contributed by atoms with Crippen LogP contribution in [0.25, 0.3) is 0 Å². The fourth-order valence-electron chi connectivity index (χ4n) is 1.52. The number of hydrogen-bond donors (Lipinski definition) is 1. The summed E-state index contributed by atoms with van der Waals surface area (Å²) in [4.78, 5) is 33.7. The van der Waals surface area contributed by atoms with Crippen LogP contribution in [-0.4, -0.2) is 37.8 Å². The molecular formula is C15H19NO6. The van der Waals surface area contributed by atoms with Crippen LogP contribution in [0.1, 0.15) is 18.1 Å². The van der Waals surface area contributed by atoms with Gasteiger partial charge in [-0.3, -0.25) is 10.1 Å². The van der Waals surface area contributed by atoms with Gasteiger partial charge in [-0.25, -0.2) is 9.59 Å². The molecule has 0 aliphatic carbocycles. The van der Waals surface area contributed by atoms with Crippen molar-refractivity contribution in [2.75, 3.05) is 19.8 Å². The summed E-state index contributed by atoms with van der Waals surface area (Å²) < 4.78 is 14.5. The van der Waals surface area contributed by atoms with Crippen LogP contribution in [0.2, 0.25) is 0 Å². The topological polar surface area (TPSA) is 90.9 Å². The molecule has 0 bridgehead atoms. The highest BCUT2D eigenvalue weighted by Crippen LogP contribution is 2.20. The van der Waals surface area contributed by atoms with Gasteiger partial charge in [0.25, 0.3) is 5.91 Å². The van der Waals surface area contributed by atoms with E-state index in [-0.39, 0.29) is 13.2 Å². The Morgan fingerprint density at radius 2 is 1.82 bits per heavy atom. The lowest BCUT2D eigenvalue weighted by Gasteiger charge is -2.10. The minimum Gasteiger partial charge on any atom is -0.482 e. The minimum absolute atomic E-state index is 0.141. The first kappa shape index (κ1) is 17.5. The second-order valence-corrected chi connectivity index (χ2v) is 4.42. The Morgan fingerprint density at radius 1 is 1.09 bits per heavy atom. The number of hydrogen-bond acceptors (Lipinski definition) is 6. The monoisotopic (exact) mass is 309 g/mol. The molecule has 1 N–H and O–H groups in total. The number of carbonyl (C=O) groups is 3. The molecule has 120 valence electrons. The van der Waals surface area contributed by atoms with Crippen LogP contribution in [0, 0.1) is 13.8 Å². The van der Waals surface area contributed by atoms with Gasteiger partial charge in [0.1, 0.15) is 5.75 Å². The fourth-order valence-corrected chi connectivity index (χ4v) is 1.52. The molecule has 0 saturated carbocycles. The third-order valence-corrected chi connectivity index (χ3v) is 2.78. The lowest BCUT2D eigenvalue weighted by atomic mass is 10.1. The lowest BCUT2D eigenvalue weighted by molar-refractivity contribution is -0.150. The number of rotatable bonds is 6. The molecule has 22 heavy (non-hydrogen) atoms. The van der Waals surface area contributed by atoms with Gasteiger partial charge in [0.2, 0.25) is 0 Å². The summed E-state index contributed by atoms with van der Waals surface area (Å²) in [5.41, 5.74) is 1.97. The number of imide groups is 1. The molecule has 1 rings (SSSR count). The Kier molecular flexibility index (Phi) is 6.88. The summed E-state index contributed by atoms with van der Waals surface area (Å²) in [6, 6.07) is 5.49. The molecule has 0 radical (unpaired) electrons. The highest BCUT2D eigenvalue weighted by atomic mass is 16.6. The normalized spacial score (nSPS) is 9.77. The Hall–Kier alpha value is -2.57. The first-order valence-corrected chi connectivity index (χ1v) is 6.75. The van der Waals surface area contributed by atoms with E-state index in [4.69, 9.17) is 9.47 Å². The largest absolute Gasteiger partial charge is 0.482 e. The van der Waals surface area contributed by atoms with Crippen molar-refractivity contribution in [2.24, 2.45) is 0 Å². The van der Waals surface area contributed by atoms with E-state index in [0.717, 1.165) is 11.1 Å². The van der Waals surface area contributed by atoms with Crippen LogP contribution < -0.4 is 10.1 Å². The van der Waals surface area contributed by atoms with Crippen molar-refractivity contribution >= 4 is 18.0 Å². The predicted octanol–water partition coefficient (Wildman–Crippen LogP) is 1.50. The van der Waals surface area contributed by atoms with Gasteiger partial charge in [0.15, 0.2) is 13.2 Å². The van der Waals surface area contributed by atoms with Crippen molar-refractivity contribution in [2.45, 2.75) is 20.8 Å². The first-order valence-electron chi connectivity index (χ1n) is 6.75. The third-order valence-electron chi connectivity index (χ3n) is 2.78. The zero-order valence-electron chi connectivity index (χ0n) is 12.8. The van der Waals surface area contributed by atoms with Gasteiger partial charge in [-0.1, -0.05) is 12.1 Å². The summed E-state index contributed by atoms with van der Waals surface area (Å²) in [7, 11) is 0. The molecule has 0 aromatic heterocycles. The third kappa shape index (κ3) is 5.82. The van der Waals surface area contributed by atoms with Gasteiger partial charge in [-0.2, -0.15) is 0 Å². The number of amides is 2. The Labute approximate surface area is 128 Å². The van der Waals surface area contributed by atoms with Crippen LogP contribution in [0.15, 0.2) is 18.2 Å². The summed E-state index contributed by atoms with van der Waals surface area (Å²) in [5, 5.41) is 1.91. The SMILES string of the molecule is CCOC(=O)NC(=O)COC(=O)COc1cccc(C)c1C. The standard InChI is InChI=1S/C15H19NO6/c1-4-20-15(19)16-13(17)8-22-14(18)9-21-12-7-5-6-10(2)11(12)3/h5-7H,4,8-9H2,1-3H3,(H,16,17,19). The van der Waals surface area contributed by atoms with Gasteiger partial charge in [-0.15, -0.1) is 0 Å². The zero-order chi connectivity index (χ0) is 16.5. The summed E-state index contributed by atoms with van der Waals surface area (Å²) in [6.45, 7) is 4.66. The van der Waals surface area contributed by atoms with E-state index in [2.05, 4.69) is 4.74 Å². The number of benzene rings is 1. The van der Waals surface area contributed by atoms with Crippen molar-refractivity contribution < 1.29 is 28.6 Å². The molecule has 7 nitrogen and oxygen atoms in total. The van der Waals surface area contributed by atoms with Crippen molar-refractivity contribution in [3.63, 3.8) is 0 Å². The molecule has 0 heterocycles. The minimum atomic E-state index is -0.879. The van der Waals surface area contributed by atoms with E-state index in [1.54, 1.807) is 13.0 Å². The van der Waals surface area contributed by atoms with Gasteiger partial charge in [-0.05, 0) is 38.0 Å². The molecule has 1 aromatic rings. The Bertz CT molecular complexity index is 555. The van der Waals surface area contributed by atoms with Crippen LogP contribution in [-0.2, 0) is 19.1 Å². The molecular weight excluding hydrogens is 290 g/mol. The zero-order valence-corrected chi connectivity index (χ0v) is 12.8. The number of esters is 1. The van der Waals surface area contributed by atoms with Gasteiger partial charge in [0, 0.05) is 0 Å². The van der Waals surface area contributed by atoms with Crippen molar-refractivity contribution in [1.82, 2.24) is 5.32 Å². The maximum absolute atomic E-state index is 11.5. The van der Waals surface area contributed by atoms with E-state index in [0.29, 0.717) is 5.75 Å². The molecule has 1 aromatic carbocycles. The first-order chi connectivity index (χ1) is 10.4. The number of alkyl carbamates (subject to hydrolysis) is 1. The smallest absolute Gasteiger partial charge is 0.413 e. The van der Waals surface area contributed by atoms with Crippen LogP contribution >= 0.6 is 0 Å². The number of nitrogens with one attached hydrogen (secondary N) is 1. The molecule has 0 unspecified atom stereocenters. The summed E-state index contributed by atoms with van der Waals surface area (Å²) >= 11 is 0. The van der Waals surface area contributed by atoms with Crippen molar-refractivity contribution in [1.29, 1.82) is 0 Å². The van der Waals surface area contributed by atoms with Gasteiger partial charge < -0.3 is 14.2 Å². The average molecular weight is 309 g/mol. The molecule has 0 aliphatic heterocycles. The Morgan fingerprint density at radius 3 is 2.50 bits per heavy atom. The van der Waals surface area contributed by atoms with E-state index in [1.165, 1.54) is 0 Å². The molecule has 0 aliphatic rings. The molecule has 0 atom stereocenters. The van der Waals surface area contributed by atoms with E-state index in [9.17, 15) is 14.4 Å².